The molecule has 2 aliphatic heterocycles. The van der Waals surface area contributed by atoms with Crippen LogP contribution in [0.15, 0.2) is 42.5 Å². The number of likely N-dealkylation sites (tertiary alicyclic amines) is 1. The summed E-state index contributed by atoms with van der Waals surface area (Å²) >= 11 is 6.09. The van der Waals surface area contributed by atoms with Gasteiger partial charge in [0.1, 0.15) is 5.82 Å². The van der Waals surface area contributed by atoms with Crippen molar-refractivity contribution in [3.63, 3.8) is 0 Å². The first-order valence-electron chi connectivity index (χ1n) is 9.93. The molecule has 1 amide bonds. The number of rotatable bonds is 4. The van der Waals surface area contributed by atoms with Crippen molar-refractivity contribution in [2.24, 2.45) is 0 Å². The van der Waals surface area contributed by atoms with Gasteiger partial charge in [-0.2, -0.15) is 0 Å². The van der Waals surface area contributed by atoms with E-state index in [-0.39, 0.29) is 23.8 Å². The standard InChI is InChI=1S/C23H25ClFN3O/c1-15-10-17(22(26)11-21(15)24)4-9-23(29)28-19-7-8-20(28)14-27(13-19)12-16-2-5-18(25)6-3-16/h2-6,9-11,19-20H,7-8,12-14,26H2,1H3. The van der Waals surface area contributed by atoms with Gasteiger partial charge >= 0.3 is 0 Å². The molecule has 2 aromatic carbocycles. The number of nitrogens with zero attached hydrogens (tertiary/aromatic N) is 2. The van der Waals surface area contributed by atoms with Crippen molar-refractivity contribution in [3.8, 4) is 0 Å². The summed E-state index contributed by atoms with van der Waals surface area (Å²) in [5.41, 5.74) is 9.44. The van der Waals surface area contributed by atoms with E-state index in [1.807, 2.05) is 30.0 Å². The second-order valence-corrected chi connectivity index (χ2v) is 8.42. The molecule has 4 nitrogen and oxygen atoms in total. The molecule has 2 fully saturated rings. The van der Waals surface area contributed by atoms with Crippen molar-refractivity contribution < 1.29 is 9.18 Å². The van der Waals surface area contributed by atoms with Gasteiger partial charge in [-0.15, -0.1) is 0 Å². The average molecular weight is 414 g/mol. The maximum absolute atomic E-state index is 13.1. The van der Waals surface area contributed by atoms with E-state index < -0.39 is 0 Å². The lowest BCUT2D eigenvalue weighted by Crippen LogP contribution is -2.55. The lowest BCUT2D eigenvalue weighted by Gasteiger charge is -2.40. The molecule has 2 heterocycles. The van der Waals surface area contributed by atoms with Crippen LogP contribution in [0.2, 0.25) is 5.02 Å². The van der Waals surface area contributed by atoms with Gasteiger partial charge in [0.25, 0.3) is 0 Å². The van der Waals surface area contributed by atoms with Gasteiger partial charge in [0.05, 0.1) is 0 Å². The van der Waals surface area contributed by atoms with Crippen molar-refractivity contribution in [1.82, 2.24) is 9.80 Å². The predicted octanol–water partition coefficient (Wildman–Crippen LogP) is 4.26. The smallest absolute Gasteiger partial charge is 0.247 e. The lowest BCUT2D eigenvalue weighted by molar-refractivity contribution is -0.131. The first-order chi connectivity index (χ1) is 13.9. The monoisotopic (exact) mass is 413 g/mol. The van der Waals surface area contributed by atoms with Gasteiger partial charge in [-0.25, -0.2) is 4.39 Å². The SMILES string of the molecule is Cc1cc(C=CC(=O)N2C3CCC2CN(Cc2ccc(F)cc2)C3)c(N)cc1Cl. The Morgan fingerprint density at radius 2 is 1.86 bits per heavy atom. The summed E-state index contributed by atoms with van der Waals surface area (Å²) in [6, 6.07) is 10.7. The molecule has 2 aliphatic rings. The van der Waals surface area contributed by atoms with Crippen LogP contribution in [0.5, 0.6) is 0 Å². The van der Waals surface area contributed by atoms with E-state index in [9.17, 15) is 9.18 Å². The number of carbonyl (C=O) groups excluding carboxylic acids is 1. The maximum Gasteiger partial charge on any atom is 0.247 e. The number of aryl methyl sites for hydroxylation is 1. The minimum absolute atomic E-state index is 0.0333. The second kappa shape index (κ2) is 8.17. The minimum atomic E-state index is -0.215. The van der Waals surface area contributed by atoms with Gasteiger partial charge in [-0.3, -0.25) is 9.69 Å². The van der Waals surface area contributed by atoms with Crippen LogP contribution >= 0.6 is 11.6 Å². The normalized spacial score (nSPS) is 21.8. The average Bonchev–Trinajstić information content (AvgIpc) is 2.96. The van der Waals surface area contributed by atoms with Gasteiger partial charge in [0.2, 0.25) is 5.91 Å². The van der Waals surface area contributed by atoms with Crippen molar-refractivity contribution >= 4 is 29.3 Å². The van der Waals surface area contributed by atoms with Gasteiger partial charge in [0.15, 0.2) is 0 Å². The third kappa shape index (κ3) is 4.31. The van der Waals surface area contributed by atoms with Crippen LogP contribution in [0.1, 0.15) is 29.5 Å². The summed E-state index contributed by atoms with van der Waals surface area (Å²) in [7, 11) is 0. The largest absolute Gasteiger partial charge is 0.398 e. The number of halogens is 2. The van der Waals surface area contributed by atoms with E-state index in [1.165, 1.54) is 12.1 Å². The number of carbonyl (C=O) groups is 1. The zero-order valence-corrected chi connectivity index (χ0v) is 17.2. The zero-order valence-electron chi connectivity index (χ0n) is 16.4. The van der Waals surface area contributed by atoms with Crippen LogP contribution in [0.4, 0.5) is 10.1 Å². The van der Waals surface area contributed by atoms with Crippen LogP contribution in [-0.4, -0.2) is 40.9 Å². The summed E-state index contributed by atoms with van der Waals surface area (Å²) in [6.45, 7) is 4.39. The molecule has 2 unspecified atom stereocenters. The molecule has 0 radical (unpaired) electrons. The molecule has 29 heavy (non-hydrogen) atoms. The highest BCUT2D eigenvalue weighted by Crippen LogP contribution is 2.31. The molecular formula is C23H25ClFN3O. The summed E-state index contributed by atoms with van der Waals surface area (Å²) in [4.78, 5) is 17.3. The van der Waals surface area contributed by atoms with Crippen LogP contribution in [0.3, 0.4) is 0 Å². The quantitative estimate of drug-likeness (QED) is 0.602. The van der Waals surface area contributed by atoms with Crippen LogP contribution < -0.4 is 5.73 Å². The molecule has 0 aromatic heterocycles. The van der Waals surface area contributed by atoms with Crippen molar-refractivity contribution in [2.45, 2.75) is 38.4 Å². The summed E-state index contributed by atoms with van der Waals surface area (Å²) < 4.78 is 13.1. The molecule has 0 aliphatic carbocycles. The van der Waals surface area contributed by atoms with Gasteiger partial charge in [-0.1, -0.05) is 23.7 Å². The topological polar surface area (TPSA) is 49.6 Å². The highest BCUT2D eigenvalue weighted by molar-refractivity contribution is 6.31. The van der Waals surface area contributed by atoms with Crippen LogP contribution in [-0.2, 0) is 11.3 Å². The minimum Gasteiger partial charge on any atom is -0.398 e. The molecule has 152 valence electrons. The maximum atomic E-state index is 13.1. The fraction of sp³-hybridized carbons (Fsp3) is 0.348. The Morgan fingerprint density at radius 1 is 1.21 bits per heavy atom. The summed E-state index contributed by atoms with van der Waals surface area (Å²) in [5, 5.41) is 0.626. The first-order valence-corrected chi connectivity index (χ1v) is 10.3. The van der Waals surface area contributed by atoms with Crippen molar-refractivity contribution in [3.05, 3.63) is 70.0 Å². The van der Waals surface area contributed by atoms with Crippen molar-refractivity contribution in [1.29, 1.82) is 0 Å². The molecule has 2 N–H and O–H groups in total. The van der Waals surface area contributed by atoms with E-state index in [1.54, 1.807) is 18.2 Å². The highest BCUT2D eigenvalue weighted by atomic mass is 35.5. The number of hydrogen-bond acceptors (Lipinski definition) is 3. The van der Waals surface area contributed by atoms with E-state index >= 15 is 0 Å². The lowest BCUT2D eigenvalue weighted by atomic mass is 10.1. The molecule has 0 saturated carbocycles. The van der Waals surface area contributed by atoms with E-state index in [0.717, 1.165) is 49.2 Å². The number of amides is 1. The molecule has 2 atom stereocenters. The number of nitrogen functional groups attached to an aromatic ring is 1. The van der Waals surface area contributed by atoms with Gasteiger partial charge in [-0.05, 0) is 66.8 Å². The Labute approximate surface area is 175 Å². The molecule has 2 bridgehead atoms. The third-order valence-corrected chi connectivity index (χ3v) is 6.31. The summed E-state index contributed by atoms with van der Waals surface area (Å²) in [5.74, 6) is -0.182. The second-order valence-electron chi connectivity index (χ2n) is 8.01. The first kappa shape index (κ1) is 19.9. The highest BCUT2D eigenvalue weighted by Gasteiger charge is 2.41. The van der Waals surface area contributed by atoms with Crippen molar-refractivity contribution in [2.75, 3.05) is 18.8 Å². The molecule has 2 aromatic rings. The summed E-state index contributed by atoms with van der Waals surface area (Å²) in [6.07, 6.45) is 5.45. The van der Waals surface area contributed by atoms with Crippen LogP contribution in [0.25, 0.3) is 6.08 Å². The number of benzene rings is 2. The molecule has 0 spiro atoms. The van der Waals surface area contributed by atoms with E-state index in [0.29, 0.717) is 10.7 Å². The van der Waals surface area contributed by atoms with E-state index in [2.05, 4.69) is 4.90 Å². The zero-order chi connectivity index (χ0) is 20.5. The Bertz CT molecular complexity index is 930. The molecule has 6 heteroatoms. The van der Waals surface area contributed by atoms with Gasteiger partial charge in [0, 0.05) is 48.5 Å². The van der Waals surface area contributed by atoms with Crippen LogP contribution in [0, 0.1) is 12.7 Å². The predicted molar refractivity (Wildman–Crippen MR) is 115 cm³/mol. The molecular weight excluding hydrogens is 389 g/mol. The van der Waals surface area contributed by atoms with Gasteiger partial charge < -0.3 is 10.6 Å². The number of anilines is 1. The number of piperazine rings is 1. The molecule has 4 rings (SSSR count). The number of fused-ring (bicyclic) bond motifs is 2. The Morgan fingerprint density at radius 3 is 2.52 bits per heavy atom. The molecule has 2 saturated heterocycles. The Hall–Kier alpha value is -2.37. The third-order valence-electron chi connectivity index (χ3n) is 5.90. The fourth-order valence-corrected chi connectivity index (χ4v) is 4.61. The Kier molecular flexibility index (Phi) is 5.61. The Balaban J connectivity index is 1.42. The van der Waals surface area contributed by atoms with E-state index in [4.69, 9.17) is 17.3 Å². The number of hydrogen-bond donors (Lipinski definition) is 1. The fourth-order valence-electron chi connectivity index (χ4n) is 4.44. The number of nitrogens with two attached hydrogens (primary N) is 1.